The maximum Gasteiger partial charge on any atom is 0.154 e. The van der Waals surface area contributed by atoms with Gasteiger partial charge in [0.05, 0.1) is 11.4 Å². The van der Waals surface area contributed by atoms with Crippen LogP contribution in [0.5, 0.6) is 0 Å². The summed E-state index contributed by atoms with van der Waals surface area (Å²) in [5.74, 6) is 1.06. The number of hydrogen-bond acceptors (Lipinski definition) is 7. The summed E-state index contributed by atoms with van der Waals surface area (Å²) in [4.78, 5) is 6.08. The highest BCUT2D eigenvalue weighted by Gasteiger charge is 2.28. The minimum absolute atomic E-state index is 0.218. The largest absolute Gasteiger partial charge is 0.338 e. The molecule has 4 N–H and O–H groups in total. The lowest BCUT2D eigenvalue weighted by atomic mass is 10.1. The van der Waals surface area contributed by atoms with E-state index in [9.17, 15) is 0 Å². The van der Waals surface area contributed by atoms with Crippen LogP contribution in [-0.4, -0.2) is 26.4 Å². The first kappa shape index (κ1) is 20.9. The van der Waals surface area contributed by atoms with Crippen molar-refractivity contribution in [2.24, 2.45) is 7.05 Å². The van der Waals surface area contributed by atoms with Crippen LogP contribution < -0.4 is 14.9 Å². The molecule has 164 valence electrons. The van der Waals surface area contributed by atoms with Gasteiger partial charge in [0.2, 0.25) is 0 Å². The molecule has 8 nitrogen and oxygen atoms in total. The van der Waals surface area contributed by atoms with Gasteiger partial charge in [-0.15, -0.1) is 0 Å². The number of nitrogens with one attached hydrogen (secondary N) is 4. The van der Waals surface area contributed by atoms with E-state index in [2.05, 4.69) is 20.1 Å². The second-order valence-electron chi connectivity index (χ2n) is 7.52. The maximum absolute atomic E-state index is 8.95. The zero-order valence-corrected chi connectivity index (χ0v) is 18.7. The smallest absolute Gasteiger partial charge is 0.154 e. The van der Waals surface area contributed by atoms with Crippen LogP contribution in [0.4, 0.5) is 17.2 Å². The average Bonchev–Trinajstić information content (AvgIpc) is 3.20. The predicted molar refractivity (Wildman–Crippen MR) is 132 cm³/mol. The third-order valence-electron chi connectivity index (χ3n) is 5.28. The molecule has 2 aromatic heterocycles. The number of rotatable bonds is 5. The number of para-hydroxylation sites is 1. The minimum Gasteiger partial charge on any atom is -0.338 e. The fourth-order valence-corrected chi connectivity index (χ4v) is 4.31. The zero-order chi connectivity index (χ0) is 22.8. The van der Waals surface area contributed by atoms with Gasteiger partial charge in [0, 0.05) is 37.1 Å². The average molecular weight is 455 g/mol. The van der Waals surface area contributed by atoms with Crippen LogP contribution in [0.3, 0.4) is 0 Å². The van der Waals surface area contributed by atoms with Crippen molar-refractivity contribution in [1.82, 2.24) is 19.5 Å². The molecule has 0 saturated heterocycles. The van der Waals surface area contributed by atoms with E-state index >= 15 is 0 Å². The molecule has 0 amide bonds. The molecule has 0 spiro atoms. The first-order valence-corrected chi connectivity index (χ1v) is 11.2. The molecule has 0 unspecified atom stereocenters. The highest BCUT2D eigenvalue weighted by Crippen LogP contribution is 2.34. The highest BCUT2D eigenvalue weighted by molar-refractivity contribution is 7.97. The molecule has 0 fully saturated rings. The second-order valence-corrected chi connectivity index (χ2v) is 8.43. The van der Waals surface area contributed by atoms with Gasteiger partial charge in [0.25, 0.3) is 0 Å². The monoisotopic (exact) mass is 454 g/mol. The van der Waals surface area contributed by atoms with Gasteiger partial charge in [-0.3, -0.25) is 25.1 Å². The van der Waals surface area contributed by atoms with Crippen molar-refractivity contribution in [2.75, 3.05) is 10.2 Å². The lowest BCUT2D eigenvalue weighted by Gasteiger charge is -2.25. The van der Waals surface area contributed by atoms with Crippen molar-refractivity contribution in [3.63, 3.8) is 0 Å². The van der Waals surface area contributed by atoms with Gasteiger partial charge in [-0.05, 0) is 47.8 Å². The number of nitrogens with zero attached hydrogens (tertiary/aromatic N) is 4. The fourth-order valence-electron chi connectivity index (χ4n) is 3.62. The number of aryl methyl sites for hydroxylation is 1. The maximum atomic E-state index is 8.95. The third-order valence-corrected chi connectivity index (χ3v) is 5.99. The molecule has 5 rings (SSSR count). The van der Waals surface area contributed by atoms with E-state index < -0.39 is 0 Å². The van der Waals surface area contributed by atoms with Gasteiger partial charge >= 0.3 is 0 Å². The second kappa shape index (κ2) is 8.89. The van der Waals surface area contributed by atoms with E-state index in [1.54, 1.807) is 15.8 Å². The van der Waals surface area contributed by atoms with E-state index in [4.69, 9.17) is 10.8 Å². The van der Waals surface area contributed by atoms with Crippen LogP contribution in [0.15, 0.2) is 84.1 Å². The molecule has 33 heavy (non-hydrogen) atoms. The summed E-state index contributed by atoms with van der Waals surface area (Å²) in [6, 6.07) is 21.1. The van der Waals surface area contributed by atoms with Gasteiger partial charge < -0.3 is 5.32 Å². The molecule has 3 heterocycles. The Balaban J connectivity index is 1.37. The predicted octanol–water partition coefficient (Wildman–Crippen LogP) is 4.53. The van der Waals surface area contributed by atoms with E-state index in [-0.39, 0.29) is 11.7 Å². The number of fused-ring (bicyclic) bond motifs is 2. The fraction of sp³-hybridized carbons (Fsp3) is 0.0833. The van der Waals surface area contributed by atoms with Crippen molar-refractivity contribution in [2.45, 2.75) is 11.6 Å². The summed E-state index contributed by atoms with van der Waals surface area (Å²) in [7, 11) is 1.89. The number of amidine groups is 2. The summed E-state index contributed by atoms with van der Waals surface area (Å²) >= 11 is 1.48. The van der Waals surface area contributed by atoms with Crippen molar-refractivity contribution >= 4 is 40.8 Å². The number of aromatic nitrogens is 3. The van der Waals surface area contributed by atoms with Gasteiger partial charge in [-0.25, -0.2) is 4.98 Å². The molecule has 0 radical (unpaired) electrons. The number of benzene rings is 2. The molecule has 0 bridgehead atoms. The van der Waals surface area contributed by atoms with Crippen molar-refractivity contribution in [1.29, 1.82) is 10.8 Å². The lowest BCUT2D eigenvalue weighted by Crippen LogP contribution is -2.36. The summed E-state index contributed by atoms with van der Waals surface area (Å²) in [5, 5.41) is 26.4. The Bertz CT molecular complexity index is 1330. The summed E-state index contributed by atoms with van der Waals surface area (Å²) in [6.07, 6.45) is 3.61. The van der Waals surface area contributed by atoms with Crippen LogP contribution in [-0.2, 0) is 13.6 Å². The Morgan fingerprint density at radius 3 is 2.67 bits per heavy atom. The topological polar surface area (TPSA) is 106 Å². The Morgan fingerprint density at radius 1 is 1.06 bits per heavy atom. The lowest BCUT2D eigenvalue weighted by molar-refractivity contribution is 0.737. The van der Waals surface area contributed by atoms with Crippen LogP contribution >= 0.6 is 11.9 Å². The van der Waals surface area contributed by atoms with Gasteiger partial charge in [0.15, 0.2) is 5.82 Å². The SMILES string of the molecule is Cn1ccc(SNCc2ccc(C(=N)N3C(=N)c4ccccc4Nc4ncccc43)cc2)n1. The van der Waals surface area contributed by atoms with Gasteiger partial charge in [-0.2, -0.15) is 5.10 Å². The van der Waals surface area contributed by atoms with E-state index in [1.165, 1.54) is 11.9 Å². The Kier molecular flexibility index (Phi) is 5.64. The Hall–Kier alpha value is -3.95. The normalized spacial score (nSPS) is 12.5. The van der Waals surface area contributed by atoms with Crippen molar-refractivity contribution < 1.29 is 0 Å². The number of anilines is 3. The molecule has 0 aliphatic carbocycles. The van der Waals surface area contributed by atoms with Crippen molar-refractivity contribution in [3.8, 4) is 0 Å². The number of hydrogen-bond donors (Lipinski definition) is 4. The highest BCUT2D eigenvalue weighted by atomic mass is 32.2. The molecular weight excluding hydrogens is 432 g/mol. The quantitative estimate of drug-likeness (QED) is 0.201. The molecule has 1 aliphatic rings. The zero-order valence-electron chi connectivity index (χ0n) is 17.9. The van der Waals surface area contributed by atoms with E-state index in [1.807, 2.05) is 80.0 Å². The Morgan fingerprint density at radius 2 is 1.88 bits per heavy atom. The molecule has 0 atom stereocenters. The summed E-state index contributed by atoms with van der Waals surface area (Å²) in [6.45, 7) is 0.665. The molecule has 1 aliphatic heterocycles. The summed E-state index contributed by atoms with van der Waals surface area (Å²) < 4.78 is 5.08. The van der Waals surface area contributed by atoms with Crippen molar-refractivity contribution in [3.05, 3.63) is 95.8 Å². The molecule has 4 aromatic rings. The van der Waals surface area contributed by atoms with Crippen LogP contribution in [0.25, 0.3) is 0 Å². The molecular formula is C24H22N8S. The third kappa shape index (κ3) is 4.23. The van der Waals surface area contributed by atoms with Gasteiger partial charge in [0.1, 0.15) is 16.7 Å². The molecule has 9 heteroatoms. The first-order valence-electron chi connectivity index (χ1n) is 10.4. The van der Waals surface area contributed by atoms with Crippen LogP contribution in [0.2, 0.25) is 0 Å². The van der Waals surface area contributed by atoms with Crippen LogP contribution in [0.1, 0.15) is 16.7 Å². The molecule has 2 aromatic carbocycles. The van der Waals surface area contributed by atoms with Gasteiger partial charge in [-0.1, -0.05) is 36.4 Å². The molecule has 0 saturated carbocycles. The Labute approximate surface area is 195 Å². The van der Waals surface area contributed by atoms with E-state index in [0.717, 1.165) is 21.8 Å². The van der Waals surface area contributed by atoms with Crippen LogP contribution in [0, 0.1) is 10.8 Å². The standard InChI is InChI=1S/C24H22N8S/c1-31-14-12-21(30-31)33-28-15-16-8-10-17(11-9-16)22(25)32-20-7-4-13-27-24(20)29-19-6-3-2-5-18(19)23(32)26/h2-14,25-26,28H,15H2,1H3,(H,27,29). The number of pyridine rings is 1. The first-order chi connectivity index (χ1) is 16.1. The summed E-state index contributed by atoms with van der Waals surface area (Å²) in [5.41, 5.74) is 3.99. The minimum atomic E-state index is 0.218. The van der Waals surface area contributed by atoms with E-state index in [0.29, 0.717) is 23.6 Å².